The maximum Gasteiger partial charge on any atom is 0.253 e. The summed E-state index contributed by atoms with van der Waals surface area (Å²) in [5, 5.41) is 3.73. The summed E-state index contributed by atoms with van der Waals surface area (Å²) in [6, 6.07) is 17.8. The van der Waals surface area contributed by atoms with Crippen LogP contribution in [0.3, 0.4) is 0 Å². The van der Waals surface area contributed by atoms with Gasteiger partial charge in [0.25, 0.3) is 5.91 Å². The van der Waals surface area contributed by atoms with Gasteiger partial charge in [0, 0.05) is 58.3 Å². The highest BCUT2D eigenvalue weighted by molar-refractivity contribution is 6.31. The predicted molar refractivity (Wildman–Crippen MR) is 165 cm³/mol. The number of carbonyl (C=O) groups is 1. The molecule has 3 heterocycles. The maximum atomic E-state index is 15.1. The predicted octanol–water partition coefficient (Wildman–Crippen LogP) is 6.06. The van der Waals surface area contributed by atoms with Crippen molar-refractivity contribution in [1.29, 1.82) is 0 Å². The molecule has 0 radical (unpaired) electrons. The van der Waals surface area contributed by atoms with Crippen LogP contribution in [-0.4, -0.2) is 71.7 Å². The molecule has 1 aromatic heterocycles. The van der Waals surface area contributed by atoms with E-state index < -0.39 is 5.82 Å². The maximum absolute atomic E-state index is 15.1. The first kappa shape index (κ1) is 29.2. The molecule has 10 heteroatoms. The van der Waals surface area contributed by atoms with E-state index in [1.807, 2.05) is 37.2 Å². The molecular weight excluding hydrogens is 555 g/mol. The van der Waals surface area contributed by atoms with Gasteiger partial charge in [-0.15, -0.1) is 0 Å². The van der Waals surface area contributed by atoms with Crippen molar-refractivity contribution in [2.45, 2.75) is 20.0 Å². The van der Waals surface area contributed by atoms with E-state index in [9.17, 15) is 4.79 Å². The van der Waals surface area contributed by atoms with Crippen LogP contribution >= 0.6 is 11.6 Å². The lowest BCUT2D eigenvalue weighted by Gasteiger charge is -2.42. The number of aromatic nitrogens is 2. The number of methoxy groups -OCH3 is 1. The smallest absolute Gasteiger partial charge is 0.253 e. The van der Waals surface area contributed by atoms with Crippen LogP contribution in [0.2, 0.25) is 5.02 Å². The molecular formula is C32H32ClFN6O2. The Labute approximate surface area is 249 Å². The van der Waals surface area contributed by atoms with Crippen LogP contribution < -0.4 is 10.1 Å². The first-order chi connectivity index (χ1) is 19.8. The average molecular weight is 587 g/mol. The molecule has 42 heavy (non-hydrogen) atoms. The number of carbonyl (C=O) groups excluding carboxylic acids is 1. The van der Waals surface area contributed by atoms with Crippen molar-refractivity contribution in [3.8, 4) is 17.0 Å². The third-order valence-corrected chi connectivity index (χ3v) is 7.70. The zero-order valence-corrected chi connectivity index (χ0v) is 23.6. The number of hydrogen-bond acceptors (Lipinski definition) is 7. The highest BCUT2D eigenvalue weighted by Crippen LogP contribution is 2.36. The topological polar surface area (TPSA) is 83.0 Å². The number of halogens is 2. The van der Waals surface area contributed by atoms with Gasteiger partial charge in [-0.05, 0) is 62.6 Å². The standard InChI is InChI=1S/C31H28ClFN6O2.CH4/c1-38(2)22-16-39(17-22)30(40)18-7-10-21(11-8-18)36-31-35-15-19-14-34-29(27-25(33)5-4-6-26(27)41-3)24-13-20(32)9-12-23(24)28(19)37-31;/h4-13,15,22H,14,16-17H2,1-3H3,(H,35,36,37);1H4. The number of aliphatic imine (C=N–C) groups is 1. The highest BCUT2D eigenvalue weighted by atomic mass is 35.5. The minimum atomic E-state index is -0.443. The van der Waals surface area contributed by atoms with Crippen molar-refractivity contribution in [1.82, 2.24) is 19.8 Å². The molecule has 0 atom stereocenters. The third kappa shape index (κ3) is 5.45. The fourth-order valence-corrected chi connectivity index (χ4v) is 5.23. The van der Waals surface area contributed by atoms with Crippen LogP contribution in [0.25, 0.3) is 11.3 Å². The van der Waals surface area contributed by atoms with Gasteiger partial charge in [-0.3, -0.25) is 9.79 Å². The number of amides is 1. The van der Waals surface area contributed by atoms with Crippen LogP contribution in [0, 0.1) is 5.82 Å². The molecule has 1 fully saturated rings. The monoisotopic (exact) mass is 586 g/mol. The lowest BCUT2D eigenvalue weighted by molar-refractivity contribution is 0.0399. The van der Waals surface area contributed by atoms with Crippen LogP contribution in [0.4, 0.5) is 16.0 Å². The Bertz CT molecular complexity index is 1670. The number of hydrogen-bond donors (Lipinski definition) is 1. The zero-order valence-electron chi connectivity index (χ0n) is 22.9. The number of benzene rings is 3. The molecule has 216 valence electrons. The summed E-state index contributed by atoms with van der Waals surface area (Å²) >= 11 is 6.40. The number of likely N-dealkylation sites (tertiary alicyclic amines) is 1. The van der Waals surface area contributed by atoms with E-state index in [4.69, 9.17) is 26.3 Å². The molecule has 1 N–H and O–H groups in total. The molecule has 6 rings (SSSR count). The number of fused-ring (bicyclic) bond motifs is 3. The molecule has 1 amide bonds. The summed E-state index contributed by atoms with van der Waals surface area (Å²) in [6.07, 6.45) is 1.72. The van der Waals surface area contributed by atoms with Gasteiger partial charge in [0.05, 0.1) is 30.6 Å². The Hall–Kier alpha value is -4.34. The Kier molecular flexibility index (Phi) is 8.24. The zero-order chi connectivity index (χ0) is 28.7. The third-order valence-electron chi connectivity index (χ3n) is 7.46. The summed E-state index contributed by atoms with van der Waals surface area (Å²) in [7, 11) is 5.55. The Morgan fingerprint density at radius 3 is 2.57 bits per heavy atom. The molecule has 2 aliphatic rings. The molecule has 0 unspecified atom stereocenters. The van der Waals surface area contributed by atoms with Gasteiger partial charge in [-0.25, -0.2) is 14.4 Å². The second-order valence-electron chi connectivity index (χ2n) is 10.3. The van der Waals surface area contributed by atoms with Gasteiger partial charge >= 0.3 is 0 Å². The van der Waals surface area contributed by atoms with Crippen molar-refractivity contribution in [2.75, 3.05) is 39.6 Å². The molecule has 0 bridgehead atoms. The molecule has 8 nitrogen and oxygen atoms in total. The van der Waals surface area contributed by atoms with Gasteiger partial charge in [0.15, 0.2) is 0 Å². The van der Waals surface area contributed by atoms with Gasteiger partial charge in [-0.2, -0.15) is 0 Å². The second-order valence-corrected chi connectivity index (χ2v) is 10.7. The van der Waals surface area contributed by atoms with E-state index in [2.05, 4.69) is 15.2 Å². The normalized spacial score (nSPS) is 14.1. The molecule has 2 aliphatic heterocycles. The number of anilines is 2. The molecule has 0 aliphatic carbocycles. The minimum Gasteiger partial charge on any atom is -0.496 e. The summed E-state index contributed by atoms with van der Waals surface area (Å²) < 4.78 is 20.6. The quantitative estimate of drug-likeness (QED) is 0.296. The summed E-state index contributed by atoms with van der Waals surface area (Å²) in [6.45, 7) is 1.71. The van der Waals surface area contributed by atoms with Crippen LogP contribution in [0.1, 0.15) is 34.5 Å². The van der Waals surface area contributed by atoms with E-state index in [0.717, 1.165) is 29.9 Å². The summed E-state index contributed by atoms with van der Waals surface area (Å²) in [4.78, 5) is 30.9. The van der Waals surface area contributed by atoms with Crippen molar-refractivity contribution < 1.29 is 13.9 Å². The van der Waals surface area contributed by atoms with Gasteiger partial charge in [0.2, 0.25) is 5.95 Å². The van der Waals surface area contributed by atoms with Crippen molar-refractivity contribution in [2.24, 2.45) is 4.99 Å². The van der Waals surface area contributed by atoms with E-state index in [0.29, 0.717) is 45.3 Å². The highest BCUT2D eigenvalue weighted by Gasteiger charge is 2.32. The summed E-state index contributed by atoms with van der Waals surface area (Å²) in [5.74, 6) is 0.338. The Balaban J connectivity index is 0.00000353. The first-order valence-corrected chi connectivity index (χ1v) is 13.6. The molecule has 3 aromatic carbocycles. The molecule has 1 saturated heterocycles. The van der Waals surface area contributed by atoms with Crippen molar-refractivity contribution >= 4 is 34.9 Å². The van der Waals surface area contributed by atoms with E-state index in [-0.39, 0.29) is 25.4 Å². The van der Waals surface area contributed by atoms with E-state index in [1.54, 1.807) is 42.6 Å². The fourth-order valence-electron chi connectivity index (χ4n) is 5.06. The Morgan fingerprint density at radius 1 is 1.10 bits per heavy atom. The second kappa shape index (κ2) is 11.9. The lowest BCUT2D eigenvalue weighted by Crippen LogP contribution is -2.59. The van der Waals surface area contributed by atoms with Gasteiger partial charge in [0.1, 0.15) is 11.6 Å². The molecule has 4 aromatic rings. The van der Waals surface area contributed by atoms with Crippen LogP contribution in [0.15, 0.2) is 71.9 Å². The number of likely N-dealkylation sites (N-methyl/N-ethyl adjacent to an activating group) is 1. The van der Waals surface area contributed by atoms with Crippen molar-refractivity contribution in [3.05, 3.63) is 100.0 Å². The van der Waals surface area contributed by atoms with Crippen LogP contribution in [0.5, 0.6) is 5.75 Å². The number of nitrogens with one attached hydrogen (secondary N) is 1. The number of rotatable bonds is 6. The first-order valence-electron chi connectivity index (χ1n) is 13.2. The summed E-state index contributed by atoms with van der Waals surface area (Å²) in [5.41, 5.74) is 4.94. The minimum absolute atomic E-state index is 0. The van der Waals surface area contributed by atoms with Gasteiger partial charge in [-0.1, -0.05) is 31.2 Å². The van der Waals surface area contributed by atoms with Crippen molar-refractivity contribution in [3.63, 3.8) is 0 Å². The largest absolute Gasteiger partial charge is 0.496 e. The average Bonchev–Trinajstić information content (AvgIpc) is 3.08. The Morgan fingerprint density at radius 2 is 1.86 bits per heavy atom. The number of ether oxygens (including phenoxy) is 1. The molecule has 0 spiro atoms. The van der Waals surface area contributed by atoms with E-state index in [1.165, 1.54) is 13.2 Å². The van der Waals surface area contributed by atoms with Gasteiger partial charge < -0.3 is 19.9 Å². The fraction of sp³-hybridized carbons (Fsp3) is 0.250. The number of nitrogens with zero attached hydrogens (tertiary/aromatic N) is 5. The van der Waals surface area contributed by atoms with Crippen LogP contribution in [-0.2, 0) is 6.54 Å². The van der Waals surface area contributed by atoms with E-state index >= 15 is 4.39 Å². The SMILES string of the molecule is C.COc1cccc(F)c1C1=NCc2cnc(Nc3ccc(C(=O)N4CC(N(C)C)C4)cc3)nc2-c2ccc(Cl)cc21. The lowest BCUT2D eigenvalue weighted by atomic mass is 9.94. The molecule has 0 saturated carbocycles.